The zero-order valence-electron chi connectivity index (χ0n) is 17.5. The summed E-state index contributed by atoms with van der Waals surface area (Å²) in [5, 5.41) is 2.64. The van der Waals surface area contributed by atoms with Crippen LogP contribution in [0.5, 0.6) is 0 Å². The van der Waals surface area contributed by atoms with E-state index in [1.807, 2.05) is 0 Å². The molecule has 0 fully saturated rings. The largest absolute Gasteiger partial charge is 0.0779 e. The van der Waals surface area contributed by atoms with E-state index < -0.39 is 0 Å². The minimum absolute atomic E-state index is 0.327. The van der Waals surface area contributed by atoms with Gasteiger partial charge in [0.1, 0.15) is 0 Å². The molecule has 0 saturated heterocycles. The van der Waals surface area contributed by atoms with Gasteiger partial charge in [0.15, 0.2) is 0 Å². The summed E-state index contributed by atoms with van der Waals surface area (Å²) < 4.78 is 0. The van der Waals surface area contributed by atoms with Crippen molar-refractivity contribution in [2.24, 2.45) is 11.8 Å². The van der Waals surface area contributed by atoms with E-state index in [-0.39, 0.29) is 0 Å². The molecule has 0 heterocycles. The van der Waals surface area contributed by atoms with Crippen molar-refractivity contribution in [1.29, 1.82) is 0 Å². The van der Waals surface area contributed by atoms with Gasteiger partial charge in [-0.15, -0.1) is 0 Å². The maximum atomic E-state index is 2.36. The van der Waals surface area contributed by atoms with Crippen LogP contribution in [0.3, 0.4) is 0 Å². The van der Waals surface area contributed by atoms with Crippen LogP contribution in [0.4, 0.5) is 0 Å². The summed E-state index contributed by atoms with van der Waals surface area (Å²) in [6.45, 7) is 6.65. The number of hydrogen-bond donors (Lipinski definition) is 0. The second-order valence-electron chi connectivity index (χ2n) is 8.03. The highest BCUT2D eigenvalue weighted by Crippen LogP contribution is 2.26. The average molecular weight is 377 g/mol. The van der Waals surface area contributed by atoms with Crippen molar-refractivity contribution >= 4 is 11.6 Å². The minimum atomic E-state index is 0.327. The molecule has 0 aromatic heterocycles. The molecule has 3 aromatic carbocycles. The van der Waals surface area contributed by atoms with E-state index in [0.29, 0.717) is 11.8 Å². The molecule has 0 radical (unpaired) electrons. The molecule has 1 aliphatic carbocycles. The number of hydrogen-bond acceptors (Lipinski definition) is 0. The van der Waals surface area contributed by atoms with Gasteiger partial charge in [-0.25, -0.2) is 0 Å². The van der Waals surface area contributed by atoms with E-state index in [4.69, 9.17) is 0 Å². The van der Waals surface area contributed by atoms with Crippen LogP contribution in [-0.2, 0) is 0 Å². The Bertz CT molecular complexity index is 1160. The number of allylic oxidation sites excluding steroid dienone is 4. The average Bonchev–Trinajstić information content (AvgIpc) is 2.73. The summed E-state index contributed by atoms with van der Waals surface area (Å²) in [4.78, 5) is 0. The fourth-order valence-corrected chi connectivity index (χ4v) is 4.04. The van der Waals surface area contributed by atoms with Crippen molar-refractivity contribution in [3.8, 4) is 11.1 Å². The molecule has 0 bridgehead atoms. The highest BCUT2D eigenvalue weighted by atomic mass is 14.2. The van der Waals surface area contributed by atoms with Gasteiger partial charge in [-0.2, -0.15) is 0 Å². The predicted octanol–water partition coefficient (Wildman–Crippen LogP) is 6.04. The molecule has 29 heavy (non-hydrogen) atoms. The van der Waals surface area contributed by atoms with E-state index in [0.717, 1.165) is 0 Å². The standard InChI is InChI=1S/C29H28/c1-21-12-14-24(15-13-21)25-16-18-26(19-17-25)29-23(3)9-5-4-8-22(2)20-27-10-6-7-11-28(27)29/h4-20,22-23H,1-3H3/b8-4-,9-5-,27-20-,29-28+/t22?,23-/m1/s1. The summed E-state index contributed by atoms with van der Waals surface area (Å²) in [6.07, 6.45) is 11.3. The van der Waals surface area contributed by atoms with Crippen LogP contribution >= 0.6 is 0 Å². The molecule has 0 nitrogen and oxygen atoms in total. The number of rotatable bonds is 2. The lowest BCUT2D eigenvalue weighted by Crippen LogP contribution is -2.29. The fourth-order valence-electron chi connectivity index (χ4n) is 4.04. The SMILES string of the molecule is Cc1ccc(-c2ccc(/C3=c4\cccc\c4=C\C(C)/C=C\C=C/[C@H]3C)cc2)cc1. The van der Waals surface area contributed by atoms with Crippen LogP contribution in [0.25, 0.3) is 22.8 Å². The number of fused-ring (bicyclic) bond motifs is 1. The van der Waals surface area contributed by atoms with Crippen molar-refractivity contribution in [2.75, 3.05) is 0 Å². The van der Waals surface area contributed by atoms with E-state index in [9.17, 15) is 0 Å². The van der Waals surface area contributed by atoms with E-state index >= 15 is 0 Å². The van der Waals surface area contributed by atoms with E-state index in [2.05, 4.69) is 124 Å². The molecular formula is C29H28. The van der Waals surface area contributed by atoms with Gasteiger partial charge >= 0.3 is 0 Å². The Balaban J connectivity index is 1.88. The van der Waals surface area contributed by atoms with Gasteiger partial charge in [0, 0.05) is 5.92 Å². The molecule has 144 valence electrons. The van der Waals surface area contributed by atoms with Crippen molar-refractivity contribution in [2.45, 2.75) is 20.8 Å². The van der Waals surface area contributed by atoms with Crippen molar-refractivity contribution in [3.05, 3.63) is 119 Å². The topological polar surface area (TPSA) is 0 Å². The quantitative estimate of drug-likeness (QED) is 0.511. The molecule has 2 atom stereocenters. The molecule has 0 spiro atoms. The van der Waals surface area contributed by atoms with Gasteiger partial charge < -0.3 is 0 Å². The molecule has 0 aliphatic heterocycles. The van der Waals surface area contributed by atoms with E-state index in [1.54, 1.807) is 0 Å². The lowest BCUT2D eigenvalue weighted by atomic mass is 9.89. The zero-order valence-corrected chi connectivity index (χ0v) is 17.5. The molecule has 0 amide bonds. The van der Waals surface area contributed by atoms with Crippen LogP contribution in [0, 0.1) is 18.8 Å². The van der Waals surface area contributed by atoms with Gasteiger partial charge in [-0.3, -0.25) is 0 Å². The molecule has 4 rings (SSSR count). The molecule has 0 saturated carbocycles. The molecule has 1 aliphatic rings. The lowest BCUT2D eigenvalue weighted by Gasteiger charge is -2.16. The fraction of sp³-hybridized carbons (Fsp3) is 0.172. The third kappa shape index (κ3) is 4.32. The number of benzene rings is 3. The Morgan fingerprint density at radius 3 is 1.93 bits per heavy atom. The van der Waals surface area contributed by atoms with Gasteiger partial charge in [0.2, 0.25) is 0 Å². The third-order valence-corrected chi connectivity index (χ3v) is 5.66. The highest BCUT2D eigenvalue weighted by molar-refractivity contribution is 5.72. The second-order valence-corrected chi connectivity index (χ2v) is 8.03. The van der Waals surface area contributed by atoms with Gasteiger partial charge in [0.05, 0.1) is 0 Å². The molecule has 0 N–H and O–H groups in total. The van der Waals surface area contributed by atoms with Crippen LogP contribution in [-0.4, -0.2) is 0 Å². The van der Waals surface area contributed by atoms with Crippen LogP contribution < -0.4 is 10.4 Å². The zero-order chi connectivity index (χ0) is 20.2. The summed E-state index contributed by atoms with van der Waals surface area (Å²) in [5.41, 5.74) is 6.48. The Hall–Kier alpha value is -3.12. The predicted molar refractivity (Wildman–Crippen MR) is 126 cm³/mol. The summed E-state index contributed by atoms with van der Waals surface area (Å²) >= 11 is 0. The first-order valence-corrected chi connectivity index (χ1v) is 10.5. The smallest absolute Gasteiger partial charge is 0.000477 e. The summed E-state index contributed by atoms with van der Waals surface area (Å²) in [7, 11) is 0. The van der Waals surface area contributed by atoms with Crippen LogP contribution in [0.15, 0.2) is 97.1 Å². The Morgan fingerprint density at radius 2 is 1.21 bits per heavy atom. The minimum Gasteiger partial charge on any atom is -0.0779 e. The number of aryl methyl sites for hydroxylation is 1. The van der Waals surface area contributed by atoms with Crippen molar-refractivity contribution in [1.82, 2.24) is 0 Å². The first-order valence-electron chi connectivity index (χ1n) is 10.5. The maximum absolute atomic E-state index is 2.36. The maximum Gasteiger partial charge on any atom is 0.000477 e. The highest BCUT2D eigenvalue weighted by Gasteiger charge is 2.11. The van der Waals surface area contributed by atoms with Gasteiger partial charge in [-0.1, -0.05) is 123 Å². The van der Waals surface area contributed by atoms with Crippen molar-refractivity contribution < 1.29 is 0 Å². The summed E-state index contributed by atoms with van der Waals surface area (Å²) in [6, 6.07) is 26.6. The lowest BCUT2D eigenvalue weighted by molar-refractivity contribution is 0.947. The molecule has 0 heteroatoms. The van der Waals surface area contributed by atoms with Gasteiger partial charge in [-0.05, 0) is 45.5 Å². The van der Waals surface area contributed by atoms with Gasteiger partial charge in [0.25, 0.3) is 0 Å². The first-order chi connectivity index (χ1) is 14.1. The first kappa shape index (κ1) is 19.2. The third-order valence-electron chi connectivity index (χ3n) is 5.66. The van der Waals surface area contributed by atoms with Crippen LogP contribution in [0.1, 0.15) is 25.0 Å². The monoisotopic (exact) mass is 376 g/mol. The van der Waals surface area contributed by atoms with Crippen molar-refractivity contribution in [3.63, 3.8) is 0 Å². The molecular weight excluding hydrogens is 348 g/mol. The Kier molecular flexibility index (Phi) is 5.62. The van der Waals surface area contributed by atoms with Crippen LogP contribution in [0.2, 0.25) is 0 Å². The molecule has 1 unspecified atom stereocenters. The summed E-state index contributed by atoms with van der Waals surface area (Å²) in [5.74, 6) is 0.729. The normalized spacial score (nSPS) is 24.0. The molecule has 3 aromatic rings. The Labute approximate surface area is 174 Å². The Morgan fingerprint density at radius 1 is 0.621 bits per heavy atom. The van der Waals surface area contributed by atoms with E-state index in [1.165, 1.54) is 38.3 Å². The second kappa shape index (κ2) is 8.49.